The quantitative estimate of drug-likeness (QED) is 0.251. The molecule has 0 N–H and O–H groups in total. The maximum absolute atomic E-state index is 12.0. The summed E-state index contributed by atoms with van der Waals surface area (Å²) in [6, 6.07) is 41.9. The molecule has 168 valence electrons. The summed E-state index contributed by atoms with van der Waals surface area (Å²) in [5.41, 5.74) is 3.80. The van der Waals surface area contributed by atoms with Gasteiger partial charge in [0.2, 0.25) is 0 Å². The molecule has 3 heteroatoms. The Kier molecular flexibility index (Phi) is 5.16. The van der Waals surface area contributed by atoms with Crippen molar-refractivity contribution in [3.63, 3.8) is 0 Å². The molecule has 0 atom stereocenters. The number of carbonyl (C=O) groups excluding carboxylic acids is 1. The van der Waals surface area contributed by atoms with E-state index in [1.165, 1.54) is 28.7 Å². The summed E-state index contributed by atoms with van der Waals surface area (Å²) in [4.78, 5) is 14.3. The van der Waals surface area contributed by atoms with E-state index in [0.29, 0.717) is 5.56 Å². The van der Waals surface area contributed by atoms with Gasteiger partial charge in [-0.2, -0.15) is 0 Å². The van der Waals surface area contributed by atoms with E-state index in [1.807, 2.05) is 18.2 Å². The van der Waals surface area contributed by atoms with E-state index in [-0.39, 0.29) is 5.97 Å². The second-order valence-electron chi connectivity index (χ2n) is 8.60. The van der Waals surface area contributed by atoms with Crippen molar-refractivity contribution in [1.82, 2.24) is 0 Å². The van der Waals surface area contributed by atoms with Gasteiger partial charge in [0, 0.05) is 16.8 Å². The van der Waals surface area contributed by atoms with E-state index < -0.39 is 0 Å². The summed E-state index contributed by atoms with van der Waals surface area (Å²) in [6.45, 7) is 0. The molecule has 0 radical (unpaired) electrons. The first-order valence-electron chi connectivity index (χ1n) is 11.6. The third kappa shape index (κ3) is 3.77. The van der Waals surface area contributed by atoms with Gasteiger partial charge in [0.1, 0.15) is 0 Å². The van der Waals surface area contributed by atoms with Gasteiger partial charge in [0.25, 0.3) is 0 Å². The van der Waals surface area contributed by atoms with Gasteiger partial charge in [0.15, 0.2) is 0 Å². The van der Waals surface area contributed by atoms with Crippen LogP contribution >= 0.6 is 0 Å². The molecule has 0 spiro atoms. The predicted molar refractivity (Wildman–Crippen MR) is 145 cm³/mol. The molecule has 0 aliphatic heterocycles. The van der Waals surface area contributed by atoms with Crippen LogP contribution in [0.5, 0.6) is 0 Å². The topological polar surface area (TPSA) is 29.5 Å². The van der Waals surface area contributed by atoms with E-state index in [4.69, 9.17) is 4.74 Å². The minimum Gasteiger partial charge on any atom is -0.465 e. The molecule has 6 rings (SSSR count). The number of carbonyl (C=O) groups is 1. The summed E-state index contributed by atoms with van der Waals surface area (Å²) in [5, 5.41) is 6.83. The zero-order valence-corrected chi connectivity index (χ0v) is 19.3. The molecular formula is C32H23NO2. The van der Waals surface area contributed by atoms with Crippen LogP contribution in [-0.4, -0.2) is 13.1 Å². The van der Waals surface area contributed by atoms with Gasteiger partial charge in [0.05, 0.1) is 18.4 Å². The number of nitrogens with zero attached hydrogens (tertiary/aromatic N) is 1. The number of esters is 1. The molecule has 0 aliphatic carbocycles. The standard InChI is InChI=1S/C32H23NO2/c1-35-32(34)27-14-13-26-21-29(18-16-25(26)19-27)33(28-17-15-22-7-2-3-9-24(22)20-28)31-12-6-10-23-8-4-5-11-30(23)31/h2-21H,1H3. The molecule has 0 aromatic heterocycles. The second-order valence-corrected chi connectivity index (χ2v) is 8.60. The summed E-state index contributed by atoms with van der Waals surface area (Å²) in [6.07, 6.45) is 0. The lowest BCUT2D eigenvalue weighted by molar-refractivity contribution is 0.0601. The Hall–Kier alpha value is -4.63. The number of ether oxygens (including phenoxy) is 1. The fraction of sp³-hybridized carbons (Fsp3) is 0.0312. The average Bonchev–Trinajstić information content (AvgIpc) is 2.92. The third-order valence-electron chi connectivity index (χ3n) is 6.50. The summed E-state index contributed by atoms with van der Waals surface area (Å²) >= 11 is 0. The van der Waals surface area contributed by atoms with E-state index in [2.05, 4.69) is 108 Å². The van der Waals surface area contributed by atoms with Crippen LogP contribution in [0.3, 0.4) is 0 Å². The summed E-state index contributed by atoms with van der Waals surface area (Å²) < 4.78 is 4.89. The Morgan fingerprint density at radius 3 is 1.91 bits per heavy atom. The normalized spacial score (nSPS) is 11.1. The van der Waals surface area contributed by atoms with Crippen LogP contribution in [0.2, 0.25) is 0 Å². The number of hydrogen-bond donors (Lipinski definition) is 0. The molecule has 6 aromatic carbocycles. The van der Waals surface area contributed by atoms with Gasteiger partial charge in [-0.15, -0.1) is 0 Å². The highest BCUT2D eigenvalue weighted by molar-refractivity contribution is 6.02. The van der Waals surface area contributed by atoms with Crippen molar-refractivity contribution in [2.75, 3.05) is 12.0 Å². The number of anilines is 3. The monoisotopic (exact) mass is 453 g/mol. The molecule has 0 amide bonds. The van der Waals surface area contributed by atoms with Crippen LogP contribution in [0.1, 0.15) is 10.4 Å². The highest BCUT2D eigenvalue weighted by atomic mass is 16.5. The van der Waals surface area contributed by atoms with E-state index in [0.717, 1.165) is 27.8 Å². The predicted octanol–water partition coefficient (Wildman–Crippen LogP) is 8.40. The van der Waals surface area contributed by atoms with E-state index >= 15 is 0 Å². The average molecular weight is 454 g/mol. The first kappa shape index (κ1) is 20.9. The van der Waals surface area contributed by atoms with Crippen LogP contribution in [0.25, 0.3) is 32.3 Å². The molecule has 0 saturated carbocycles. The molecule has 0 unspecified atom stereocenters. The Morgan fingerprint density at radius 2 is 1.14 bits per heavy atom. The first-order chi connectivity index (χ1) is 17.2. The lowest BCUT2D eigenvalue weighted by atomic mass is 10.0. The van der Waals surface area contributed by atoms with Crippen molar-refractivity contribution in [2.45, 2.75) is 0 Å². The molecule has 0 bridgehead atoms. The lowest BCUT2D eigenvalue weighted by Gasteiger charge is -2.27. The zero-order valence-electron chi connectivity index (χ0n) is 19.3. The van der Waals surface area contributed by atoms with Crippen molar-refractivity contribution >= 4 is 55.3 Å². The fourth-order valence-corrected chi connectivity index (χ4v) is 4.76. The van der Waals surface area contributed by atoms with Gasteiger partial charge < -0.3 is 9.64 Å². The van der Waals surface area contributed by atoms with Crippen molar-refractivity contribution < 1.29 is 9.53 Å². The van der Waals surface area contributed by atoms with Crippen LogP contribution < -0.4 is 4.90 Å². The van der Waals surface area contributed by atoms with Crippen molar-refractivity contribution in [1.29, 1.82) is 0 Å². The molecule has 0 fully saturated rings. The number of hydrogen-bond acceptors (Lipinski definition) is 3. The largest absolute Gasteiger partial charge is 0.465 e. The molecule has 35 heavy (non-hydrogen) atoms. The minimum absolute atomic E-state index is 0.329. The highest BCUT2D eigenvalue weighted by Crippen LogP contribution is 2.40. The molecule has 0 saturated heterocycles. The Labute approximate surface area is 203 Å². The molecular weight excluding hydrogens is 430 g/mol. The van der Waals surface area contributed by atoms with E-state index in [9.17, 15) is 4.79 Å². The van der Waals surface area contributed by atoms with Gasteiger partial charge >= 0.3 is 5.97 Å². The zero-order chi connectivity index (χ0) is 23.8. The van der Waals surface area contributed by atoms with Gasteiger partial charge in [-0.3, -0.25) is 0 Å². The molecule has 0 heterocycles. The Balaban J connectivity index is 1.57. The third-order valence-corrected chi connectivity index (χ3v) is 6.50. The smallest absolute Gasteiger partial charge is 0.337 e. The maximum Gasteiger partial charge on any atom is 0.337 e. The maximum atomic E-state index is 12.0. The van der Waals surface area contributed by atoms with Crippen LogP contribution in [-0.2, 0) is 4.74 Å². The van der Waals surface area contributed by atoms with Crippen LogP contribution in [0, 0.1) is 0 Å². The van der Waals surface area contributed by atoms with Gasteiger partial charge in [-0.25, -0.2) is 4.79 Å². The second kappa shape index (κ2) is 8.62. The highest BCUT2D eigenvalue weighted by Gasteiger charge is 2.16. The Morgan fingerprint density at radius 1 is 0.571 bits per heavy atom. The molecule has 3 nitrogen and oxygen atoms in total. The van der Waals surface area contributed by atoms with Crippen molar-refractivity contribution in [3.8, 4) is 0 Å². The molecule has 0 aliphatic rings. The minimum atomic E-state index is -0.329. The number of fused-ring (bicyclic) bond motifs is 3. The van der Waals surface area contributed by atoms with Crippen LogP contribution in [0.15, 0.2) is 121 Å². The Bertz CT molecular complexity index is 1710. The number of rotatable bonds is 4. The van der Waals surface area contributed by atoms with Gasteiger partial charge in [-0.05, 0) is 69.4 Å². The van der Waals surface area contributed by atoms with Gasteiger partial charge in [-0.1, -0.05) is 78.9 Å². The fourth-order valence-electron chi connectivity index (χ4n) is 4.76. The lowest BCUT2D eigenvalue weighted by Crippen LogP contribution is -2.10. The SMILES string of the molecule is COC(=O)c1ccc2cc(N(c3ccc4ccccc4c3)c3cccc4ccccc34)ccc2c1. The van der Waals surface area contributed by atoms with Crippen molar-refractivity contribution in [3.05, 3.63) is 127 Å². The number of benzene rings is 6. The molecule has 6 aromatic rings. The van der Waals surface area contributed by atoms with Crippen molar-refractivity contribution in [2.24, 2.45) is 0 Å². The van der Waals surface area contributed by atoms with E-state index in [1.54, 1.807) is 0 Å². The summed E-state index contributed by atoms with van der Waals surface area (Å²) in [7, 11) is 1.40. The summed E-state index contributed by atoms with van der Waals surface area (Å²) in [5.74, 6) is -0.329. The first-order valence-corrected chi connectivity index (χ1v) is 11.6. The number of methoxy groups -OCH3 is 1. The van der Waals surface area contributed by atoms with Crippen LogP contribution in [0.4, 0.5) is 17.1 Å².